The molecule has 2 rings (SSSR count). The molecule has 0 spiro atoms. The molecule has 0 amide bonds. The van der Waals surface area contributed by atoms with Crippen molar-refractivity contribution in [2.45, 2.75) is 0 Å². The van der Waals surface area contributed by atoms with Gasteiger partial charge in [0.1, 0.15) is 5.15 Å². The zero-order valence-corrected chi connectivity index (χ0v) is 10.1. The summed E-state index contributed by atoms with van der Waals surface area (Å²) in [6.07, 6.45) is 0. The van der Waals surface area contributed by atoms with Gasteiger partial charge in [-0.3, -0.25) is 0 Å². The molecule has 1 aromatic carbocycles. The topological polar surface area (TPSA) is 76.5 Å². The Kier molecular flexibility index (Phi) is 3.16. The van der Waals surface area contributed by atoms with Crippen LogP contribution in [0, 0.1) is 0 Å². The summed E-state index contributed by atoms with van der Waals surface area (Å²) in [5.74, 6) is -1.67. The molecule has 0 fully saturated rings. The molecule has 2 aromatic rings. The van der Waals surface area contributed by atoms with Gasteiger partial charge in [-0.2, -0.15) is 0 Å². The normalized spacial score (nSPS) is 10.3. The molecule has 0 aliphatic carbocycles. The standard InChI is InChI=1S/C12H8ClNO4/c1-18-12(17)6-2-3-9-7(4-6)5-8(11(15)16)10(13)14-9/h2-5H,1H3,(H,15,16). The summed E-state index contributed by atoms with van der Waals surface area (Å²) in [4.78, 5) is 26.2. The quantitative estimate of drug-likeness (QED) is 0.666. The van der Waals surface area contributed by atoms with E-state index < -0.39 is 11.9 Å². The third-order valence-corrected chi connectivity index (χ3v) is 2.71. The van der Waals surface area contributed by atoms with Gasteiger partial charge in [0, 0.05) is 5.39 Å². The Labute approximate surface area is 107 Å². The number of aromatic nitrogens is 1. The summed E-state index contributed by atoms with van der Waals surface area (Å²) < 4.78 is 4.58. The van der Waals surface area contributed by atoms with Crippen LogP contribution in [0.25, 0.3) is 10.9 Å². The SMILES string of the molecule is COC(=O)c1ccc2nc(Cl)c(C(=O)O)cc2c1. The third-order valence-electron chi connectivity index (χ3n) is 2.42. The lowest BCUT2D eigenvalue weighted by atomic mass is 10.1. The second-order valence-corrected chi connectivity index (χ2v) is 3.89. The minimum absolute atomic E-state index is 0.0826. The molecular weight excluding hydrogens is 258 g/mol. The first-order valence-electron chi connectivity index (χ1n) is 4.95. The average Bonchev–Trinajstić information content (AvgIpc) is 2.36. The maximum Gasteiger partial charge on any atom is 0.338 e. The smallest absolute Gasteiger partial charge is 0.338 e. The molecule has 92 valence electrons. The third kappa shape index (κ3) is 2.12. The Bertz CT molecular complexity index is 654. The van der Waals surface area contributed by atoms with Crippen LogP contribution in [0.3, 0.4) is 0 Å². The monoisotopic (exact) mass is 265 g/mol. The average molecular weight is 266 g/mol. The fourth-order valence-electron chi connectivity index (χ4n) is 1.55. The van der Waals surface area contributed by atoms with Gasteiger partial charge in [-0.15, -0.1) is 0 Å². The number of hydrogen-bond acceptors (Lipinski definition) is 4. The Morgan fingerprint density at radius 3 is 2.67 bits per heavy atom. The highest BCUT2D eigenvalue weighted by Crippen LogP contribution is 2.22. The van der Waals surface area contributed by atoms with Crippen LogP contribution in [-0.2, 0) is 4.74 Å². The van der Waals surface area contributed by atoms with E-state index >= 15 is 0 Å². The molecule has 0 saturated carbocycles. The van der Waals surface area contributed by atoms with Gasteiger partial charge in [0.2, 0.25) is 0 Å². The van der Waals surface area contributed by atoms with Crippen molar-refractivity contribution in [3.8, 4) is 0 Å². The molecule has 0 bridgehead atoms. The highest BCUT2D eigenvalue weighted by Gasteiger charge is 2.13. The van der Waals surface area contributed by atoms with Crippen LogP contribution < -0.4 is 0 Å². The summed E-state index contributed by atoms with van der Waals surface area (Å²) in [5.41, 5.74) is 0.731. The van der Waals surface area contributed by atoms with E-state index in [-0.39, 0.29) is 10.7 Å². The van der Waals surface area contributed by atoms with Gasteiger partial charge in [0.05, 0.1) is 23.8 Å². The lowest BCUT2D eigenvalue weighted by Crippen LogP contribution is -2.02. The van der Waals surface area contributed by atoms with Crippen LogP contribution in [0.1, 0.15) is 20.7 Å². The van der Waals surface area contributed by atoms with E-state index in [4.69, 9.17) is 16.7 Å². The number of carboxylic acids is 1. The number of aromatic carboxylic acids is 1. The van der Waals surface area contributed by atoms with Crippen molar-refractivity contribution in [2.24, 2.45) is 0 Å². The Morgan fingerprint density at radius 1 is 1.33 bits per heavy atom. The number of rotatable bonds is 2. The predicted molar refractivity (Wildman–Crippen MR) is 65.1 cm³/mol. The van der Waals surface area contributed by atoms with Gasteiger partial charge in [-0.1, -0.05) is 11.6 Å². The number of ether oxygens (including phenoxy) is 1. The van der Waals surface area contributed by atoms with Crippen LogP contribution in [-0.4, -0.2) is 29.1 Å². The van der Waals surface area contributed by atoms with Gasteiger partial charge in [0.25, 0.3) is 0 Å². The van der Waals surface area contributed by atoms with E-state index in [1.165, 1.54) is 25.3 Å². The second kappa shape index (κ2) is 4.62. The van der Waals surface area contributed by atoms with Crippen molar-refractivity contribution < 1.29 is 19.4 Å². The Morgan fingerprint density at radius 2 is 2.06 bits per heavy atom. The van der Waals surface area contributed by atoms with Crippen molar-refractivity contribution in [3.63, 3.8) is 0 Å². The van der Waals surface area contributed by atoms with Gasteiger partial charge in [-0.05, 0) is 24.3 Å². The molecule has 5 nitrogen and oxygen atoms in total. The molecule has 0 saturated heterocycles. The number of benzene rings is 1. The van der Waals surface area contributed by atoms with Crippen LogP contribution in [0.5, 0.6) is 0 Å². The second-order valence-electron chi connectivity index (χ2n) is 3.53. The van der Waals surface area contributed by atoms with E-state index in [9.17, 15) is 9.59 Å². The Balaban J connectivity index is 2.65. The van der Waals surface area contributed by atoms with E-state index in [1.54, 1.807) is 6.07 Å². The molecular formula is C12H8ClNO4. The van der Waals surface area contributed by atoms with Crippen molar-refractivity contribution in [2.75, 3.05) is 7.11 Å². The van der Waals surface area contributed by atoms with E-state index in [0.29, 0.717) is 16.5 Å². The van der Waals surface area contributed by atoms with Gasteiger partial charge < -0.3 is 9.84 Å². The van der Waals surface area contributed by atoms with Crippen LogP contribution in [0.4, 0.5) is 0 Å². The molecule has 0 radical (unpaired) electrons. The fourth-order valence-corrected chi connectivity index (χ4v) is 1.77. The minimum atomic E-state index is -1.17. The summed E-state index contributed by atoms with van der Waals surface area (Å²) in [5, 5.41) is 9.36. The zero-order chi connectivity index (χ0) is 13.3. The van der Waals surface area contributed by atoms with E-state index in [0.717, 1.165) is 0 Å². The van der Waals surface area contributed by atoms with Crippen molar-refractivity contribution in [1.29, 1.82) is 0 Å². The molecule has 6 heteroatoms. The van der Waals surface area contributed by atoms with Crippen LogP contribution in [0.15, 0.2) is 24.3 Å². The maximum atomic E-state index is 11.4. The molecule has 1 aromatic heterocycles. The van der Waals surface area contributed by atoms with Gasteiger partial charge in [-0.25, -0.2) is 14.6 Å². The zero-order valence-electron chi connectivity index (χ0n) is 9.31. The Hall–Kier alpha value is -2.14. The molecule has 18 heavy (non-hydrogen) atoms. The fraction of sp³-hybridized carbons (Fsp3) is 0.0833. The van der Waals surface area contributed by atoms with E-state index in [2.05, 4.69) is 9.72 Å². The lowest BCUT2D eigenvalue weighted by molar-refractivity contribution is 0.0600. The maximum absolute atomic E-state index is 11.4. The first-order valence-corrected chi connectivity index (χ1v) is 5.32. The number of carbonyl (C=O) groups excluding carboxylic acids is 1. The number of carboxylic acid groups (broad SMARTS) is 1. The summed E-state index contributed by atoms with van der Waals surface area (Å²) >= 11 is 5.74. The summed E-state index contributed by atoms with van der Waals surface area (Å²) in [6.45, 7) is 0. The van der Waals surface area contributed by atoms with Gasteiger partial charge >= 0.3 is 11.9 Å². The number of fused-ring (bicyclic) bond motifs is 1. The molecule has 0 unspecified atom stereocenters. The molecule has 1 heterocycles. The number of methoxy groups -OCH3 is 1. The summed E-state index contributed by atoms with van der Waals surface area (Å²) in [7, 11) is 1.27. The molecule has 1 N–H and O–H groups in total. The number of pyridine rings is 1. The first kappa shape index (κ1) is 12.3. The van der Waals surface area contributed by atoms with Crippen molar-refractivity contribution in [1.82, 2.24) is 4.98 Å². The highest BCUT2D eigenvalue weighted by molar-refractivity contribution is 6.32. The minimum Gasteiger partial charge on any atom is -0.478 e. The molecule has 0 atom stereocenters. The van der Waals surface area contributed by atoms with E-state index in [1.807, 2.05) is 0 Å². The number of hydrogen-bond donors (Lipinski definition) is 1. The highest BCUT2D eigenvalue weighted by atomic mass is 35.5. The predicted octanol–water partition coefficient (Wildman–Crippen LogP) is 2.37. The van der Waals surface area contributed by atoms with Crippen LogP contribution in [0.2, 0.25) is 5.15 Å². The first-order chi connectivity index (χ1) is 8.52. The van der Waals surface area contributed by atoms with Crippen molar-refractivity contribution >= 4 is 34.4 Å². The number of esters is 1. The summed E-state index contributed by atoms with van der Waals surface area (Å²) in [6, 6.07) is 6.01. The molecule has 0 aliphatic heterocycles. The number of carbonyl (C=O) groups is 2. The van der Waals surface area contributed by atoms with Gasteiger partial charge in [0.15, 0.2) is 0 Å². The van der Waals surface area contributed by atoms with Crippen molar-refractivity contribution in [3.05, 3.63) is 40.5 Å². The lowest BCUT2D eigenvalue weighted by Gasteiger charge is -2.04. The molecule has 0 aliphatic rings. The van der Waals surface area contributed by atoms with Crippen LogP contribution >= 0.6 is 11.6 Å². The number of nitrogens with zero attached hydrogens (tertiary/aromatic N) is 1. The number of halogens is 1. The largest absolute Gasteiger partial charge is 0.478 e.